The molecule has 1 N–H and O–H groups in total. The van der Waals surface area contributed by atoms with Gasteiger partial charge in [-0.2, -0.15) is 0 Å². The summed E-state index contributed by atoms with van der Waals surface area (Å²) in [6.07, 6.45) is 9.54. The zero-order valence-corrected chi connectivity index (χ0v) is 18.6. The smallest absolute Gasteiger partial charge is 0.249 e. The van der Waals surface area contributed by atoms with Crippen LogP contribution in [0.4, 0.5) is 0 Å². The summed E-state index contributed by atoms with van der Waals surface area (Å²) in [7, 11) is 3.55. The summed E-state index contributed by atoms with van der Waals surface area (Å²) in [4.78, 5) is 28.5. The maximum atomic E-state index is 13.5. The Kier molecular flexibility index (Phi) is 6.16. The molecule has 2 heterocycles. The fraction of sp³-hybridized carbons (Fsp3) is 0.440. The molecule has 2 aliphatic rings. The maximum Gasteiger partial charge on any atom is 0.249 e. The van der Waals surface area contributed by atoms with E-state index in [1.165, 1.54) is 6.42 Å². The van der Waals surface area contributed by atoms with Crippen LogP contribution in [-0.4, -0.2) is 34.4 Å². The number of allylic oxidation sites excluding steroid dienone is 1. The van der Waals surface area contributed by atoms with Gasteiger partial charge in [0.1, 0.15) is 5.75 Å². The van der Waals surface area contributed by atoms with Crippen LogP contribution in [-0.2, 0) is 23.1 Å². The Morgan fingerprint density at radius 3 is 2.48 bits per heavy atom. The van der Waals surface area contributed by atoms with Crippen LogP contribution in [0.2, 0.25) is 0 Å². The van der Waals surface area contributed by atoms with Gasteiger partial charge in [-0.3, -0.25) is 9.59 Å². The van der Waals surface area contributed by atoms with E-state index in [0.717, 1.165) is 53.8 Å². The highest BCUT2D eigenvalue weighted by Crippen LogP contribution is 2.36. The number of rotatable bonds is 5. The summed E-state index contributed by atoms with van der Waals surface area (Å²) >= 11 is 0. The molecule has 0 radical (unpaired) electrons. The van der Waals surface area contributed by atoms with Crippen LogP contribution in [0.25, 0.3) is 5.57 Å². The number of carbonyl (C=O) groups excluding carboxylic acids is 2. The van der Waals surface area contributed by atoms with Gasteiger partial charge in [-0.25, -0.2) is 0 Å². The second-order valence-electron chi connectivity index (χ2n) is 8.61. The van der Waals surface area contributed by atoms with Crippen molar-refractivity contribution in [2.75, 3.05) is 7.11 Å². The third kappa shape index (κ3) is 4.38. The molecule has 6 heteroatoms. The molecule has 0 bridgehead atoms. The molecular formula is C25H31N3O3. The van der Waals surface area contributed by atoms with Gasteiger partial charge in [-0.05, 0) is 49.1 Å². The zero-order chi connectivity index (χ0) is 22.0. The Hall–Kier alpha value is -3.02. The van der Waals surface area contributed by atoms with E-state index in [2.05, 4.69) is 5.32 Å². The third-order valence-electron chi connectivity index (χ3n) is 6.42. The normalized spacial score (nSPS) is 18.9. The molecule has 1 aliphatic carbocycles. The van der Waals surface area contributed by atoms with Crippen molar-refractivity contribution in [2.24, 2.45) is 7.05 Å². The summed E-state index contributed by atoms with van der Waals surface area (Å²) in [5, 5.41) is 3.23. The van der Waals surface area contributed by atoms with Crippen LogP contribution in [0, 0.1) is 0 Å². The van der Waals surface area contributed by atoms with Crippen molar-refractivity contribution in [3.05, 3.63) is 59.5 Å². The number of amides is 2. The molecule has 2 aromatic rings. The number of carbonyl (C=O) groups is 2. The molecule has 31 heavy (non-hydrogen) atoms. The van der Waals surface area contributed by atoms with Gasteiger partial charge >= 0.3 is 0 Å². The van der Waals surface area contributed by atoms with Crippen molar-refractivity contribution in [3.8, 4) is 5.75 Å². The third-order valence-corrected chi connectivity index (χ3v) is 6.42. The van der Waals surface area contributed by atoms with Crippen LogP contribution in [0.5, 0.6) is 5.75 Å². The van der Waals surface area contributed by atoms with Gasteiger partial charge in [-0.15, -0.1) is 0 Å². The lowest BCUT2D eigenvalue weighted by Crippen LogP contribution is -2.47. The summed E-state index contributed by atoms with van der Waals surface area (Å²) in [6, 6.07) is 9.03. The number of fused-ring (bicyclic) bond motifs is 1. The lowest BCUT2D eigenvalue weighted by molar-refractivity contribution is -0.138. The number of hydrogen-bond donors (Lipinski definition) is 1. The van der Waals surface area contributed by atoms with Crippen LogP contribution >= 0.6 is 0 Å². The largest absolute Gasteiger partial charge is 0.497 e. The molecule has 1 aromatic carbocycles. The second-order valence-corrected chi connectivity index (χ2v) is 8.61. The van der Waals surface area contributed by atoms with Gasteiger partial charge in [-0.1, -0.05) is 31.4 Å². The summed E-state index contributed by atoms with van der Waals surface area (Å²) in [6.45, 7) is 1.99. The van der Waals surface area contributed by atoms with E-state index in [1.54, 1.807) is 12.0 Å². The van der Waals surface area contributed by atoms with Crippen molar-refractivity contribution < 1.29 is 14.3 Å². The average molecular weight is 422 g/mol. The average Bonchev–Trinajstić information content (AvgIpc) is 3.17. The Bertz CT molecular complexity index is 984. The fourth-order valence-electron chi connectivity index (χ4n) is 4.70. The minimum absolute atomic E-state index is 0.0956. The van der Waals surface area contributed by atoms with Crippen molar-refractivity contribution >= 4 is 17.4 Å². The summed E-state index contributed by atoms with van der Waals surface area (Å²) in [5.74, 6) is 0.560. The first-order valence-electron chi connectivity index (χ1n) is 11.1. The van der Waals surface area contributed by atoms with Gasteiger partial charge in [0.2, 0.25) is 11.8 Å². The molecule has 1 saturated carbocycles. The van der Waals surface area contributed by atoms with Crippen molar-refractivity contribution in [3.63, 3.8) is 0 Å². The van der Waals surface area contributed by atoms with E-state index < -0.39 is 6.04 Å². The highest BCUT2D eigenvalue weighted by atomic mass is 16.5. The van der Waals surface area contributed by atoms with E-state index in [4.69, 9.17) is 4.74 Å². The molecule has 1 atom stereocenters. The lowest BCUT2D eigenvalue weighted by Gasteiger charge is -2.35. The van der Waals surface area contributed by atoms with E-state index in [9.17, 15) is 9.59 Å². The predicted molar refractivity (Wildman–Crippen MR) is 120 cm³/mol. The van der Waals surface area contributed by atoms with Gasteiger partial charge < -0.3 is 19.5 Å². The minimum Gasteiger partial charge on any atom is -0.497 e. The van der Waals surface area contributed by atoms with Crippen molar-refractivity contribution in [1.82, 2.24) is 14.8 Å². The molecule has 2 amide bonds. The lowest BCUT2D eigenvalue weighted by atomic mass is 9.93. The highest BCUT2D eigenvalue weighted by Gasteiger charge is 2.38. The molecular weight excluding hydrogens is 390 g/mol. The Morgan fingerprint density at radius 2 is 1.81 bits per heavy atom. The number of ether oxygens (including phenoxy) is 1. The molecule has 1 fully saturated rings. The summed E-state index contributed by atoms with van der Waals surface area (Å²) < 4.78 is 7.17. The number of nitrogens with zero attached hydrogens (tertiary/aromatic N) is 2. The topological polar surface area (TPSA) is 63.6 Å². The Balaban J connectivity index is 1.61. The second kappa shape index (κ2) is 9.00. The molecule has 4 rings (SSSR count). The van der Waals surface area contributed by atoms with Gasteiger partial charge in [0, 0.05) is 31.0 Å². The van der Waals surface area contributed by atoms with Crippen LogP contribution in [0.3, 0.4) is 0 Å². The van der Waals surface area contributed by atoms with E-state index in [0.29, 0.717) is 0 Å². The molecule has 1 unspecified atom stereocenters. The number of nitrogens with one attached hydrogen (secondary N) is 1. The molecule has 1 aromatic heterocycles. The van der Waals surface area contributed by atoms with E-state index >= 15 is 0 Å². The predicted octanol–water partition coefficient (Wildman–Crippen LogP) is 3.97. The number of hydrogen-bond acceptors (Lipinski definition) is 3. The highest BCUT2D eigenvalue weighted by molar-refractivity contribution is 5.93. The molecule has 1 aliphatic heterocycles. The first-order chi connectivity index (χ1) is 15.0. The maximum absolute atomic E-state index is 13.5. The van der Waals surface area contributed by atoms with Crippen molar-refractivity contribution in [1.29, 1.82) is 0 Å². The van der Waals surface area contributed by atoms with Crippen molar-refractivity contribution in [2.45, 2.75) is 57.5 Å². The number of aromatic nitrogens is 1. The van der Waals surface area contributed by atoms with Crippen LogP contribution < -0.4 is 10.1 Å². The standard InChI is InChI=1S/C25H31N3O3/c1-17-16-28(22(29)15-18-9-11-20(31-3)12-10-18)24(23-21(17)13-14-27(23)2)25(30)26-19-7-5-4-6-8-19/h9-14,16,19,24H,4-8,15H2,1-3H3,(H,26,30). The minimum atomic E-state index is -0.661. The molecule has 164 valence electrons. The Labute approximate surface area is 183 Å². The van der Waals surface area contributed by atoms with Crippen LogP contribution in [0.1, 0.15) is 61.9 Å². The first-order valence-corrected chi connectivity index (χ1v) is 11.1. The number of aryl methyl sites for hydroxylation is 1. The monoisotopic (exact) mass is 421 g/mol. The molecule has 0 saturated heterocycles. The molecule has 6 nitrogen and oxygen atoms in total. The Morgan fingerprint density at radius 1 is 1.10 bits per heavy atom. The first kappa shape index (κ1) is 21.2. The summed E-state index contributed by atoms with van der Waals surface area (Å²) in [5.41, 5.74) is 3.78. The van der Waals surface area contributed by atoms with Gasteiger partial charge in [0.15, 0.2) is 6.04 Å². The number of methoxy groups -OCH3 is 1. The molecule has 0 spiro atoms. The number of benzene rings is 1. The van der Waals surface area contributed by atoms with E-state index in [-0.39, 0.29) is 24.3 Å². The van der Waals surface area contributed by atoms with Gasteiger partial charge in [0.25, 0.3) is 0 Å². The van der Waals surface area contributed by atoms with Gasteiger partial charge in [0.05, 0.1) is 19.2 Å². The van der Waals surface area contributed by atoms with E-state index in [1.807, 2.05) is 61.3 Å². The quantitative estimate of drug-likeness (QED) is 0.795. The van der Waals surface area contributed by atoms with Crippen LogP contribution in [0.15, 0.2) is 42.7 Å². The fourth-order valence-corrected chi connectivity index (χ4v) is 4.70. The zero-order valence-electron chi connectivity index (χ0n) is 18.6. The SMILES string of the molecule is COc1ccc(CC(=O)N2C=C(C)c3ccn(C)c3C2C(=O)NC2CCCCC2)cc1.